The summed E-state index contributed by atoms with van der Waals surface area (Å²) < 4.78 is 0. The maximum Gasteiger partial charge on any atom is 0.129 e. The van der Waals surface area contributed by atoms with Crippen LogP contribution in [0.3, 0.4) is 0 Å². The minimum Gasteiger partial charge on any atom is -0.395 e. The Hall–Kier alpha value is -1.39. The van der Waals surface area contributed by atoms with Crippen LogP contribution < -0.4 is 10.6 Å². The summed E-state index contributed by atoms with van der Waals surface area (Å²) in [6.07, 6.45) is 1.78. The third-order valence-electron chi connectivity index (χ3n) is 2.04. The van der Waals surface area contributed by atoms with E-state index in [9.17, 15) is 0 Å². The molecule has 0 saturated heterocycles. The van der Waals surface area contributed by atoms with E-state index in [2.05, 4.69) is 11.6 Å². The van der Waals surface area contributed by atoms with Crippen LogP contribution in [-0.4, -0.2) is 29.8 Å². The Bertz CT molecular complexity index is 314. The van der Waals surface area contributed by atoms with Crippen LogP contribution >= 0.6 is 0 Å². The van der Waals surface area contributed by atoms with Crippen molar-refractivity contribution in [3.05, 3.63) is 36.5 Å². The van der Waals surface area contributed by atoms with Crippen molar-refractivity contribution in [3.8, 4) is 0 Å². The number of aromatic nitrogens is 1. The van der Waals surface area contributed by atoms with Gasteiger partial charge in [-0.2, -0.15) is 0 Å². The number of anilines is 1. The molecule has 0 amide bonds. The molecule has 15 heavy (non-hydrogen) atoms. The summed E-state index contributed by atoms with van der Waals surface area (Å²) in [7, 11) is 0. The van der Waals surface area contributed by atoms with Gasteiger partial charge in [0.2, 0.25) is 0 Å². The van der Waals surface area contributed by atoms with Gasteiger partial charge in [-0.3, -0.25) is 0 Å². The van der Waals surface area contributed by atoms with E-state index in [0.29, 0.717) is 19.6 Å². The summed E-state index contributed by atoms with van der Waals surface area (Å²) in [5, 5.41) is 8.92. The summed E-state index contributed by atoms with van der Waals surface area (Å²) in [5.41, 5.74) is 6.36. The molecule has 4 nitrogen and oxygen atoms in total. The Morgan fingerprint density at radius 2 is 2.33 bits per heavy atom. The summed E-state index contributed by atoms with van der Waals surface area (Å²) in [6, 6.07) is 5.70. The van der Waals surface area contributed by atoms with E-state index in [1.807, 2.05) is 23.1 Å². The van der Waals surface area contributed by atoms with Gasteiger partial charge < -0.3 is 15.7 Å². The lowest BCUT2D eigenvalue weighted by Gasteiger charge is -2.21. The molecule has 1 heterocycles. The number of nitrogens with two attached hydrogens (primary N) is 1. The lowest BCUT2D eigenvalue weighted by atomic mass is 10.3. The molecule has 82 valence electrons. The van der Waals surface area contributed by atoms with Gasteiger partial charge in [0.1, 0.15) is 5.82 Å². The number of aliphatic hydroxyl groups excluding tert-OH is 1. The number of aliphatic hydroxyl groups is 1. The molecule has 0 atom stereocenters. The van der Waals surface area contributed by atoms with Crippen LogP contribution in [0.5, 0.6) is 0 Å². The molecule has 0 aliphatic carbocycles. The quantitative estimate of drug-likeness (QED) is 0.668. The van der Waals surface area contributed by atoms with E-state index >= 15 is 0 Å². The van der Waals surface area contributed by atoms with Crippen LogP contribution in [0.2, 0.25) is 0 Å². The summed E-state index contributed by atoms with van der Waals surface area (Å²) in [5.74, 6) is 0.826. The van der Waals surface area contributed by atoms with Gasteiger partial charge >= 0.3 is 0 Å². The number of hydrogen-bond acceptors (Lipinski definition) is 4. The van der Waals surface area contributed by atoms with Crippen molar-refractivity contribution >= 4 is 5.82 Å². The average Bonchev–Trinajstić information content (AvgIpc) is 2.29. The SMILES string of the molecule is C=CCN(CCO)c1cccc(CN)n1. The first-order valence-electron chi connectivity index (χ1n) is 4.94. The van der Waals surface area contributed by atoms with Gasteiger partial charge in [0.25, 0.3) is 0 Å². The van der Waals surface area contributed by atoms with Gasteiger partial charge in [-0.25, -0.2) is 4.98 Å². The van der Waals surface area contributed by atoms with E-state index in [1.165, 1.54) is 0 Å². The van der Waals surface area contributed by atoms with E-state index in [1.54, 1.807) is 6.08 Å². The molecule has 1 aromatic rings. The highest BCUT2D eigenvalue weighted by atomic mass is 16.3. The summed E-state index contributed by atoms with van der Waals surface area (Å²) in [6.45, 7) is 5.42. The Kier molecular flexibility index (Phi) is 4.80. The zero-order valence-electron chi connectivity index (χ0n) is 8.76. The summed E-state index contributed by atoms with van der Waals surface area (Å²) >= 11 is 0. The Morgan fingerprint density at radius 1 is 1.53 bits per heavy atom. The lowest BCUT2D eigenvalue weighted by Crippen LogP contribution is -2.27. The van der Waals surface area contributed by atoms with Crippen LogP contribution in [0.4, 0.5) is 5.82 Å². The van der Waals surface area contributed by atoms with E-state index in [-0.39, 0.29) is 6.61 Å². The molecule has 1 aromatic heterocycles. The highest BCUT2D eigenvalue weighted by molar-refractivity contribution is 5.40. The molecule has 0 aromatic carbocycles. The van der Waals surface area contributed by atoms with Gasteiger partial charge in [0, 0.05) is 19.6 Å². The lowest BCUT2D eigenvalue weighted by molar-refractivity contribution is 0.302. The van der Waals surface area contributed by atoms with Crippen molar-refractivity contribution in [1.29, 1.82) is 0 Å². The normalized spacial score (nSPS) is 10.0. The number of hydrogen-bond donors (Lipinski definition) is 2. The van der Waals surface area contributed by atoms with Crippen molar-refractivity contribution in [2.45, 2.75) is 6.54 Å². The molecular formula is C11H17N3O. The number of rotatable bonds is 6. The molecule has 0 bridgehead atoms. The standard InChI is InChI=1S/C11H17N3O/c1-2-6-14(7-8-15)11-5-3-4-10(9-12)13-11/h2-5,15H,1,6-9,12H2. The van der Waals surface area contributed by atoms with Crippen LogP contribution in [-0.2, 0) is 6.54 Å². The minimum absolute atomic E-state index is 0.0996. The third-order valence-corrected chi connectivity index (χ3v) is 2.04. The molecule has 0 aliphatic heterocycles. The fraction of sp³-hybridized carbons (Fsp3) is 0.364. The topological polar surface area (TPSA) is 62.4 Å². The Labute approximate surface area is 90.0 Å². The van der Waals surface area contributed by atoms with E-state index in [4.69, 9.17) is 10.8 Å². The molecule has 0 aliphatic rings. The van der Waals surface area contributed by atoms with Crippen molar-refractivity contribution in [1.82, 2.24) is 4.98 Å². The van der Waals surface area contributed by atoms with Crippen molar-refractivity contribution in [2.75, 3.05) is 24.6 Å². The van der Waals surface area contributed by atoms with Gasteiger partial charge in [-0.05, 0) is 12.1 Å². The van der Waals surface area contributed by atoms with E-state index in [0.717, 1.165) is 11.5 Å². The van der Waals surface area contributed by atoms with Crippen molar-refractivity contribution in [2.24, 2.45) is 5.73 Å². The maximum absolute atomic E-state index is 8.92. The Balaban J connectivity index is 2.83. The third kappa shape index (κ3) is 3.34. The zero-order chi connectivity index (χ0) is 11.1. The second-order valence-corrected chi connectivity index (χ2v) is 3.15. The fourth-order valence-corrected chi connectivity index (χ4v) is 1.33. The molecule has 0 fully saturated rings. The van der Waals surface area contributed by atoms with Gasteiger partial charge in [-0.1, -0.05) is 12.1 Å². The van der Waals surface area contributed by atoms with Crippen molar-refractivity contribution < 1.29 is 5.11 Å². The number of pyridine rings is 1. The fourth-order valence-electron chi connectivity index (χ4n) is 1.33. The van der Waals surface area contributed by atoms with E-state index < -0.39 is 0 Å². The molecular weight excluding hydrogens is 190 g/mol. The van der Waals surface area contributed by atoms with Gasteiger partial charge in [0.05, 0.1) is 12.3 Å². The second-order valence-electron chi connectivity index (χ2n) is 3.15. The molecule has 0 unspecified atom stereocenters. The van der Waals surface area contributed by atoms with Crippen LogP contribution in [0, 0.1) is 0 Å². The van der Waals surface area contributed by atoms with Gasteiger partial charge in [-0.15, -0.1) is 6.58 Å². The maximum atomic E-state index is 8.92. The van der Waals surface area contributed by atoms with Crippen molar-refractivity contribution in [3.63, 3.8) is 0 Å². The summed E-state index contributed by atoms with van der Waals surface area (Å²) in [4.78, 5) is 6.32. The largest absolute Gasteiger partial charge is 0.395 e. The number of nitrogens with zero attached hydrogens (tertiary/aromatic N) is 2. The molecule has 0 radical (unpaired) electrons. The van der Waals surface area contributed by atoms with Crippen LogP contribution in [0.1, 0.15) is 5.69 Å². The predicted octanol–water partition coefficient (Wildman–Crippen LogP) is 0.525. The van der Waals surface area contributed by atoms with Crippen LogP contribution in [0.15, 0.2) is 30.9 Å². The highest BCUT2D eigenvalue weighted by Crippen LogP contribution is 2.10. The molecule has 0 spiro atoms. The average molecular weight is 207 g/mol. The second kappa shape index (κ2) is 6.16. The minimum atomic E-state index is 0.0996. The van der Waals surface area contributed by atoms with Crippen LogP contribution in [0.25, 0.3) is 0 Å². The molecule has 3 N–H and O–H groups in total. The van der Waals surface area contributed by atoms with Gasteiger partial charge in [0.15, 0.2) is 0 Å². The smallest absolute Gasteiger partial charge is 0.129 e. The first kappa shape index (κ1) is 11.7. The monoisotopic (exact) mass is 207 g/mol. The Morgan fingerprint density at radius 3 is 2.93 bits per heavy atom. The first-order valence-corrected chi connectivity index (χ1v) is 4.94. The molecule has 0 saturated carbocycles. The highest BCUT2D eigenvalue weighted by Gasteiger charge is 2.05. The molecule has 4 heteroatoms. The predicted molar refractivity (Wildman–Crippen MR) is 61.6 cm³/mol. The zero-order valence-corrected chi connectivity index (χ0v) is 8.76. The molecule has 1 rings (SSSR count). The first-order chi connectivity index (χ1) is 7.31.